The SMILES string of the molecule is C1=CCC2CNCC(C1)C2. The molecule has 10 heavy (non-hydrogen) atoms. The largest absolute Gasteiger partial charge is 0.316 e. The first-order valence-corrected chi connectivity index (χ1v) is 4.31. The highest BCUT2D eigenvalue weighted by Gasteiger charge is 2.21. The lowest BCUT2D eigenvalue weighted by Crippen LogP contribution is -2.35. The van der Waals surface area contributed by atoms with Crippen molar-refractivity contribution < 1.29 is 0 Å². The number of piperidine rings is 1. The quantitative estimate of drug-likeness (QED) is 0.500. The molecule has 1 aliphatic heterocycles. The van der Waals surface area contributed by atoms with Crippen molar-refractivity contribution in [2.24, 2.45) is 11.8 Å². The Morgan fingerprint density at radius 3 is 2.20 bits per heavy atom. The summed E-state index contributed by atoms with van der Waals surface area (Å²) in [6.07, 6.45) is 8.79. The third-order valence-electron chi connectivity index (χ3n) is 2.64. The van der Waals surface area contributed by atoms with Gasteiger partial charge in [0.15, 0.2) is 0 Å². The summed E-state index contributed by atoms with van der Waals surface area (Å²) in [6, 6.07) is 0. The summed E-state index contributed by atoms with van der Waals surface area (Å²) < 4.78 is 0. The summed E-state index contributed by atoms with van der Waals surface area (Å²) >= 11 is 0. The van der Waals surface area contributed by atoms with Crippen LogP contribution >= 0.6 is 0 Å². The summed E-state index contributed by atoms with van der Waals surface area (Å²) in [5.74, 6) is 1.88. The van der Waals surface area contributed by atoms with E-state index in [4.69, 9.17) is 0 Å². The number of hydrogen-bond acceptors (Lipinski definition) is 1. The van der Waals surface area contributed by atoms with E-state index in [1.165, 1.54) is 32.4 Å². The lowest BCUT2D eigenvalue weighted by molar-refractivity contribution is 0.297. The van der Waals surface area contributed by atoms with Gasteiger partial charge < -0.3 is 5.32 Å². The number of hydrogen-bond donors (Lipinski definition) is 1. The molecule has 0 aromatic carbocycles. The molecule has 2 bridgehead atoms. The highest BCUT2D eigenvalue weighted by atomic mass is 14.9. The van der Waals surface area contributed by atoms with Gasteiger partial charge in [0, 0.05) is 0 Å². The van der Waals surface area contributed by atoms with Crippen molar-refractivity contribution >= 4 is 0 Å². The smallest absolute Gasteiger partial charge is 0.00173 e. The molecule has 1 heteroatoms. The molecule has 0 radical (unpaired) electrons. The molecule has 0 spiro atoms. The molecule has 1 N–H and O–H groups in total. The lowest BCUT2D eigenvalue weighted by Gasteiger charge is -2.26. The Balaban J connectivity index is 2.03. The Morgan fingerprint density at radius 2 is 1.60 bits per heavy atom. The van der Waals surface area contributed by atoms with E-state index in [-0.39, 0.29) is 0 Å². The van der Waals surface area contributed by atoms with E-state index in [9.17, 15) is 0 Å². The molecular weight excluding hydrogens is 122 g/mol. The molecule has 2 aliphatic rings. The summed E-state index contributed by atoms with van der Waals surface area (Å²) in [4.78, 5) is 0. The van der Waals surface area contributed by atoms with Crippen LogP contribution in [-0.4, -0.2) is 13.1 Å². The standard InChI is InChI=1S/C9H15N/c1-2-4-9-5-8(3-1)6-10-7-9/h1-2,8-10H,3-7H2. The number of rotatable bonds is 0. The van der Waals surface area contributed by atoms with Gasteiger partial charge in [0.25, 0.3) is 0 Å². The zero-order valence-corrected chi connectivity index (χ0v) is 6.34. The van der Waals surface area contributed by atoms with Crippen LogP contribution in [0.1, 0.15) is 19.3 Å². The molecular formula is C9H15N. The molecule has 1 aliphatic carbocycles. The molecule has 1 nitrogen and oxygen atoms in total. The summed E-state index contributed by atoms with van der Waals surface area (Å²) in [7, 11) is 0. The maximum Gasteiger partial charge on any atom is -0.00173 e. The van der Waals surface area contributed by atoms with Crippen LogP contribution < -0.4 is 5.32 Å². The van der Waals surface area contributed by atoms with Crippen molar-refractivity contribution in [3.63, 3.8) is 0 Å². The van der Waals surface area contributed by atoms with Crippen molar-refractivity contribution in [3.8, 4) is 0 Å². The van der Waals surface area contributed by atoms with Crippen LogP contribution in [0.25, 0.3) is 0 Å². The van der Waals surface area contributed by atoms with Gasteiger partial charge >= 0.3 is 0 Å². The van der Waals surface area contributed by atoms with Crippen LogP contribution in [0.3, 0.4) is 0 Å². The molecule has 1 fully saturated rings. The molecule has 2 atom stereocenters. The molecule has 1 saturated heterocycles. The van der Waals surface area contributed by atoms with Crippen LogP contribution in [0.5, 0.6) is 0 Å². The molecule has 0 aromatic heterocycles. The van der Waals surface area contributed by atoms with Gasteiger partial charge in [-0.25, -0.2) is 0 Å². The molecule has 2 unspecified atom stereocenters. The minimum Gasteiger partial charge on any atom is -0.316 e. The van der Waals surface area contributed by atoms with Crippen LogP contribution in [-0.2, 0) is 0 Å². The predicted molar refractivity (Wildman–Crippen MR) is 42.8 cm³/mol. The van der Waals surface area contributed by atoms with Gasteiger partial charge in [-0.15, -0.1) is 0 Å². The molecule has 0 saturated carbocycles. The van der Waals surface area contributed by atoms with Gasteiger partial charge in [-0.2, -0.15) is 0 Å². The average molecular weight is 137 g/mol. The zero-order valence-electron chi connectivity index (χ0n) is 6.34. The Labute approximate surface area is 62.5 Å². The van der Waals surface area contributed by atoms with Gasteiger partial charge in [0.1, 0.15) is 0 Å². The fourth-order valence-corrected chi connectivity index (χ4v) is 2.07. The van der Waals surface area contributed by atoms with Gasteiger partial charge in [0.05, 0.1) is 0 Å². The molecule has 1 heterocycles. The van der Waals surface area contributed by atoms with Crippen molar-refractivity contribution in [2.75, 3.05) is 13.1 Å². The van der Waals surface area contributed by atoms with E-state index in [0.29, 0.717) is 0 Å². The first kappa shape index (κ1) is 6.41. The van der Waals surface area contributed by atoms with Gasteiger partial charge in [-0.1, -0.05) is 12.2 Å². The predicted octanol–water partition coefficient (Wildman–Crippen LogP) is 1.56. The monoisotopic (exact) mass is 137 g/mol. The molecule has 0 aromatic rings. The molecule has 2 rings (SSSR count). The van der Waals surface area contributed by atoms with Crippen molar-refractivity contribution in [2.45, 2.75) is 19.3 Å². The number of nitrogens with one attached hydrogen (secondary N) is 1. The third kappa shape index (κ3) is 1.24. The molecule has 0 amide bonds. The highest BCUT2D eigenvalue weighted by Crippen LogP contribution is 2.25. The fourth-order valence-electron chi connectivity index (χ4n) is 2.07. The maximum atomic E-state index is 3.49. The van der Waals surface area contributed by atoms with E-state index >= 15 is 0 Å². The van der Waals surface area contributed by atoms with E-state index in [2.05, 4.69) is 17.5 Å². The summed E-state index contributed by atoms with van der Waals surface area (Å²) in [5.41, 5.74) is 0. The van der Waals surface area contributed by atoms with Crippen LogP contribution in [0.15, 0.2) is 12.2 Å². The third-order valence-corrected chi connectivity index (χ3v) is 2.64. The maximum absolute atomic E-state index is 3.49. The van der Waals surface area contributed by atoms with Crippen molar-refractivity contribution in [1.29, 1.82) is 0 Å². The van der Waals surface area contributed by atoms with Crippen LogP contribution in [0.2, 0.25) is 0 Å². The fraction of sp³-hybridized carbons (Fsp3) is 0.778. The Bertz CT molecular complexity index is 126. The second-order valence-corrected chi connectivity index (χ2v) is 3.57. The second kappa shape index (κ2) is 2.75. The van der Waals surface area contributed by atoms with Crippen molar-refractivity contribution in [3.05, 3.63) is 12.2 Å². The lowest BCUT2D eigenvalue weighted by atomic mass is 9.89. The van der Waals surface area contributed by atoms with Gasteiger partial charge in [-0.3, -0.25) is 0 Å². The Morgan fingerprint density at radius 1 is 1.00 bits per heavy atom. The van der Waals surface area contributed by atoms with E-state index in [1.807, 2.05) is 0 Å². The molecule has 56 valence electrons. The van der Waals surface area contributed by atoms with Crippen molar-refractivity contribution in [1.82, 2.24) is 5.32 Å². The zero-order chi connectivity index (χ0) is 6.81. The second-order valence-electron chi connectivity index (χ2n) is 3.57. The number of allylic oxidation sites excluding steroid dienone is 2. The first-order chi connectivity index (χ1) is 4.95. The Hall–Kier alpha value is -0.300. The average Bonchev–Trinajstić information content (AvgIpc) is 2.12. The van der Waals surface area contributed by atoms with Crippen LogP contribution in [0.4, 0.5) is 0 Å². The van der Waals surface area contributed by atoms with E-state index in [1.54, 1.807) is 0 Å². The van der Waals surface area contributed by atoms with Gasteiger partial charge in [-0.05, 0) is 44.2 Å². The normalized spacial score (nSPS) is 39.2. The topological polar surface area (TPSA) is 12.0 Å². The first-order valence-electron chi connectivity index (χ1n) is 4.31. The van der Waals surface area contributed by atoms with E-state index in [0.717, 1.165) is 11.8 Å². The minimum absolute atomic E-state index is 0.942. The number of fused-ring (bicyclic) bond motifs is 2. The summed E-state index contributed by atoms with van der Waals surface area (Å²) in [6.45, 7) is 2.50. The van der Waals surface area contributed by atoms with Crippen LogP contribution in [0, 0.1) is 11.8 Å². The minimum atomic E-state index is 0.942. The summed E-state index contributed by atoms with van der Waals surface area (Å²) in [5, 5.41) is 3.49. The highest BCUT2D eigenvalue weighted by molar-refractivity contribution is 4.94. The van der Waals surface area contributed by atoms with Gasteiger partial charge in [0.2, 0.25) is 0 Å². The Kier molecular flexibility index (Phi) is 1.76. The van der Waals surface area contributed by atoms with E-state index < -0.39 is 0 Å².